The van der Waals surface area contributed by atoms with E-state index in [2.05, 4.69) is 0 Å². The first-order valence-electron chi connectivity index (χ1n) is 6.04. The van der Waals surface area contributed by atoms with Crippen LogP contribution in [0.2, 0.25) is 10.0 Å². The molecule has 3 nitrogen and oxygen atoms in total. The minimum atomic E-state index is -0.140. The number of hydrogen-bond donors (Lipinski definition) is 0. The van der Waals surface area contributed by atoms with Crippen LogP contribution in [0, 0.1) is 0 Å². The van der Waals surface area contributed by atoms with Crippen molar-refractivity contribution in [2.75, 3.05) is 14.2 Å². The first-order valence-corrected chi connectivity index (χ1v) is 7.80. The molecule has 0 aliphatic carbocycles. The second kappa shape index (κ2) is 8.82. The van der Waals surface area contributed by atoms with Crippen LogP contribution in [0.1, 0.15) is 10.4 Å². The molecule has 0 N–H and O–H groups in total. The van der Waals surface area contributed by atoms with Gasteiger partial charge in [0.25, 0.3) is 0 Å². The molecule has 7 heteroatoms. The van der Waals surface area contributed by atoms with E-state index >= 15 is 0 Å². The van der Waals surface area contributed by atoms with Crippen LogP contribution in [0.25, 0.3) is 0 Å². The Hall–Kier alpha value is -0.683. The Balaban J connectivity index is 0.00000242. The second-order valence-electron chi connectivity index (χ2n) is 4.10. The number of ether oxygens (including phenoxy) is 2. The third-order valence-corrected chi connectivity index (χ3v) is 4.47. The molecule has 0 aliphatic heterocycles. The van der Waals surface area contributed by atoms with Gasteiger partial charge in [-0.3, -0.25) is 4.79 Å². The first kappa shape index (κ1) is 19.4. The molecule has 0 aromatic heterocycles. The summed E-state index contributed by atoms with van der Waals surface area (Å²) >= 11 is 12.2. The Bertz CT molecular complexity index is 637. The number of carbonyl (C=O) groups is 1. The molecule has 2 aromatic rings. The maximum atomic E-state index is 12.6. The number of hydrogen-bond acceptors (Lipinski definition) is 3. The third kappa shape index (κ3) is 4.19. The van der Waals surface area contributed by atoms with Gasteiger partial charge < -0.3 is 9.47 Å². The van der Waals surface area contributed by atoms with Crippen LogP contribution < -0.4 is 33.6 Å². The quantitative estimate of drug-likeness (QED) is 0.600. The van der Waals surface area contributed by atoms with Crippen molar-refractivity contribution in [1.82, 2.24) is 0 Å². The Kier molecular flexibility index (Phi) is 7.76. The van der Waals surface area contributed by atoms with Gasteiger partial charge in [-0.25, -0.2) is 0 Å². The summed E-state index contributed by atoms with van der Waals surface area (Å²) in [6, 6.07) is 11.0. The Morgan fingerprint density at radius 1 is 1.00 bits per heavy atom. The maximum absolute atomic E-state index is 12.6. The molecule has 0 amide bonds. The molecule has 0 spiro atoms. The van der Waals surface area contributed by atoms with E-state index in [4.69, 9.17) is 32.7 Å². The van der Waals surface area contributed by atoms with Gasteiger partial charge in [-0.15, -0.1) is 0 Å². The molecule has 0 bridgehead atoms. The fraction of sp³-hybridized carbons (Fsp3) is 0.133. The molecular formula is C15H13Cl2LiO3P+. The molecule has 1 atom stereocenters. The van der Waals surface area contributed by atoms with Crippen LogP contribution in [0.5, 0.6) is 11.5 Å². The van der Waals surface area contributed by atoms with Gasteiger partial charge in [-0.1, -0.05) is 53.5 Å². The van der Waals surface area contributed by atoms with E-state index in [-0.39, 0.29) is 60.1 Å². The van der Waals surface area contributed by atoms with E-state index in [1.807, 2.05) is 30.3 Å². The van der Waals surface area contributed by atoms with Crippen LogP contribution in [0.4, 0.5) is 0 Å². The van der Waals surface area contributed by atoms with E-state index in [1.54, 1.807) is 0 Å². The van der Waals surface area contributed by atoms with Crippen molar-refractivity contribution in [2.24, 2.45) is 0 Å². The molecular weight excluding hydrogens is 337 g/mol. The summed E-state index contributed by atoms with van der Waals surface area (Å²) in [6.45, 7) is 0. The second-order valence-corrected chi connectivity index (χ2v) is 6.20. The molecule has 2 aromatic carbocycles. The molecule has 0 fully saturated rings. The van der Waals surface area contributed by atoms with Crippen LogP contribution in [0.15, 0.2) is 36.4 Å². The molecule has 0 heterocycles. The van der Waals surface area contributed by atoms with Crippen molar-refractivity contribution >= 4 is 42.6 Å². The van der Waals surface area contributed by atoms with Crippen LogP contribution in [0.3, 0.4) is 0 Å². The zero-order valence-corrected chi connectivity index (χ0v) is 15.0. The SMILES string of the molecule is COc1c(Cl)cc(Cl)c(OC)c1C(=O)Pc1ccccc1.[Li+]. The van der Waals surface area contributed by atoms with E-state index in [0.29, 0.717) is 0 Å². The maximum Gasteiger partial charge on any atom is 1.00 e. The van der Waals surface area contributed by atoms with Crippen molar-refractivity contribution in [1.29, 1.82) is 0 Å². The molecule has 110 valence electrons. The number of methoxy groups -OCH3 is 2. The van der Waals surface area contributed by atoms with Gasteiger partial charge in [-0.2, -0.15) is 0 Å². The van der Waals surface area contributed by atoms with Gasteiger partial charge in [0.1, 0.15) is 5.56 Å². The third-order valence-electron chi connectivity index (χ3n) is 2.81. The minimum absolute atomic E-state index is 0. The molecule has 0 radical (unpaired) electrons. The van der Waals surface area contributed by atoms with E-state index in [9.17, 15) is 4.79 Å². The van der Waals surface area contributed by atoms with E-state index < -0.39 is 0 Å². The number of carbonyl (C=O) groups excluding carboxylic acids is 1. The standard InChI is InChI=1S/C15H13Cl2O3P.Li/c1-19-13-10(16)8-11(17)14(20-2)12(13)15(18)21-9-6-4-3-5-7-9;/h3-8,21H,1-2H3;/q;+1. The van der Waals surface area contributed by atoms with Crippen molar-refractivity contribution in [3.63, 3.8) is 0 Å². The average Bonchev–Trinajstić information content (AvgIpc) is 2.47. The topological polar surface area (TPSA) is 35.5 Å². The minimum Gasteiger partial charge on any atom is -0.494 e. The van der Waals surface area contributed by atoms with Crippen molar-refractivity contribution in [2.45, 2.75) is 0 Å². The zero-order chi connectivity index (χ0) is 15.4. The van der Waals surface area contributed by atoms with E-state index in [1.165, 1.54) is 20.3 Å². The molecule has 2 rings (SSSR count). The number of benzene rings is 2. The summed E-state index contributed by atoms with van der Waals surface area (Å²) in [5.41, 5.74) is 0.138. The first-order chi connectivity index (χ1) is 10.1. The fourth-order valence-electron chi connectivity index (χ4n) is 1.90. The Labute approximate surface area is 153 Å². The van der Waals surface area contributed by atoms with Crippen molar-refractivity contribution in [3.8, 4) is 11.5 Å². The summed E-state index contributed by atoms with van der Waals surface area (Å²) in [7, 11) is 2.84. The van der Waals surface area contributed by atoms with E-state index in [0.717, 1.165) is 5.30 Å². The summed E-state index contributed by atoms with van der Waals surface area (Å²) in [5.74, 6) is 0.567. The largest absolute Gasteiger partial charge is 1.00 e. The van der Waals surface area contributed by atoms with Gasteiger partial charge in [0.15, 0.2) is 17.0 Å². The predicted molar refractivity (Wildman–Crippen MR) is 88.3 cm³/mol. The summed E-state index contributed by atoms with van der Waals surface area (Å²) in [5, 5.41) is 1.48. The monoisotopic (exact) mass is 349 g/mol. The van der Waals surface area contributed by atoms with Gasteiger partial charge in [0, 0.05) is 0 Å². The summed E-state index contributed by atoms with van der Waals surface area (Å²) in [6.07, 6.45) is 0. The normalized spacial score (nSPS) is 10.4. The van der Waals surface area contributed by atoms with Crippen LogP contribution >= 0.6 is 31.8 Å². The van der Waals surface area contributed by atoms with Gasteiger partial charge >= 0.3 is 18.9 Å². The summed E-state index contributed by atoms with van der Waals surface area (Å²) in [4.78, 5) is 12.6. The van der Waals surface area contributed by atoms with Gasteiger partial charge in [-0.05, 0) is 20.0 Å². The smallest absolute Gasteiger partial charge is 0.494 e. The van der Waals surface area contributed by atoms with Gasteiger partial charge in [0.2, 0.25) is 0 Å². The molecule has 0 aliphatic rings. The van der Waals surface area contributed by atoms with Crippen molar-refractivity contribution in [3.05, 3.63) is 52.0 Å². The van der Waals surface area contributed by atoms with Gasteiger partial charge in [0.05, 0.1) is 24.3 Å². The molecule has 0 saturated heterocycles. The molecule has 1 unspecified atom stereocenters. The number of halogens is 2. The Morgan fingerprint density at radius 3 is 1.95 bits per heavy atom. The van der Waals surface area contributed by atoms with Crippen molar-refractivity contribution < 1.29 is 33.1 Å². The summed E-state index contributed by atoms with van der Waals surface area (Å²) < 4.78 is 10.5. The zero-order valence-electron chi connectivity index (χ0n) is 12.4. The van der Waals surface area contributed by atoms with Crippen LogP contribution in [-0.2, 0) is 0 Å². The Morgan fingerprint density at radius 2 is 1.50 bits per heavy atom. The average molecular weight is 350 g/mol. The number of rotatable bonds is 5. The fourth-order valence-corrected chi connectivity index (χ4v) is 3.50. The molecule has 22 heavy (non-hydrogen) atoms. The predicted octanol–water partition coefficient (Wildman–Crippen LogP) is 1.16. The van der Waals surface area contributed by atoms with Crippen LogP contribution in [-0.4, -0.2) is 19.7 Å². The molecule has 0 saturated carbocycles.